The molecule has 6 nitrogen and oxygen atoms in total. The number of nitrogens with one attached hydrogen (secondary N) is 2. The molecule has 0 aromatic heterocycles. The normalized spacial score (nSPS) is 16.2. The number of rotatable bonds is 6. The van der Waals surface area contributed by atoms with Gasteiger partial charge < -0.3 is 10.6 Å². The Bertz CT molecular complexity index is 842. The van der Waals surface area contributed by atoms with Crippen LogP contribution >= 0.6 is 0 Å². The van der Waals surface area contributed by atoms with E-state index in [0.717, 1.165) is 38.4 Å². The molecule has 0 bridgehead atoms. The zero-order valence-electron chi connectivity index (χ0n) is 17.4. The van der Waals surface area contributed by atoms with Gasteiger partial charge in [-0.05, 0) is 43.7 Å². The molecule has 1 unspecified atom stereocenters. The number of aryl methyl sites for hydroxylation is 1. The Morgan fingerprint density at radius 1 is 0.966 bits per heavy atom. The molecule has 3 rings (SSSR count). The highest BCUT2D eigenvalue weighted by Gasteiger charge is 2.25. The van der Waals surface area contributed by atoms with Crippen molar-refractivity contribution in [2.75, 3.05) is 36.8 Å². The van der Waals surface area contributed by atoms with Crippen molar-refractivity contribution in [1.82, 2.24) is 9.80 Å². The van der Waals surface area contributed by atoms with Gasteiger partial charge in [-0.2, -0.15) is 0 Å². The molecule has 6 heteroatoms. The second-order valence-corrected chi connectivity index (χ2v) is 7.72. The summed E-state index contributed by atoms with van der Waals surface area (Å²) in [5.74, 6) is -0.124. The third-order valence-corrected chi connectivity index (χ3v) is 5.30. The molecule has 1 aliphatic rings. The Labute approximate surface area is 172 Å². The largest absolute Gasteiger partial charge is 0.326 e. The van der Waals surface area contributed by atoms with Crippen molar-refractivity contribution < 1.29 is 9.59 Å². The first-order valence-electron chi connectivity index (χ1n) is 10.1. The summed E-state index contributed by atoms with van der Waals surface area (Å²) in [6.07, 6.45) is 0. The number of carbonyl (C=O) groups is 2. The Morgan fingerprint density at radius 2 is 1.59 bits per heavy atom. The maximum absolute atomic E-state index is 12.6. The quantitative estimate of drug-likeness (QED) is 0.790. The number of carbonyl (C=O) groups excluding carboxylic acids is 2. The lowest BCUT2D eigenvalue weighted by Gasteiger charge is -2.37. The van der Waals surface area contributed by atoms with Gasteiger partial charge in [-0.3, -0.25) is 19.4 Å². The minimum Gasteiger partial charge on any atom is -0.326 e. The fourth-order valence-electron chi connectivity index (χ4n) is 3.63. The van der Waals surface area contributed by atoms with E-state index >= 15 is 0 Å². The lowest BCUT2D eigenvalue weighted by atomic mass is 10.1. The summed E-state index contributed by atoms with van der Waals surface area (Å²) in [7, 11) is 0. The third kappa shape index (κ3) is 6.14. The van der Waals surface area contributed by atoms with Crippen LogP contribution in [0.25, 0.3) is 0 Å². The van der Waals surface area contributed by atoms with Gasteiger partial charge >= 0.3 is 0 Å². The Morgan fingerprint density at radius 3 is 2.17 bits per heavy atom. The van der Waals surface area contributed by atoms with E-state index in [4.69, 9.17) is 0 Å². The molecule has 1 fully saturated rings. The highest BCUT2D eigenvalue weighted by atomic mass is 16.2. The lowest BCUT2D eigenvalue weighted by Crippen LogP contribution is -2.52. The fraction of sp³-hybridized carbons (Fsp3) is 0.391. The van der Waals surface area contributed by atoms with Crippen molar-refractivity contribution in [2.24, 2.45) is 0 Å². The number of anilines is 2. The van der Waals surface area contributed by atoms with Gasteiger partial charge in [0.05, 0.1) is 6.04 Å². The molecule has 2 aromatic carbocycles. The average Bonchev–Trinajstić information content (AvgIpc) is 2.69. The van der Waals surface area contributed by atoms with E-state index in [0.29, 0.717) is 5.69 Å². The molecule has 1 heterocycles. The van der Waals surface area contributed by atoms with Crippen molar-refractivity contribution in [3.05, 3.63) is 59.7 Å². The maximum atomic E-state index is 12.6. The summed E-state index contributed by atoms with van der Waals surface area (Å²) < 4.78 is 0. The summed E-state index contributed by atoms with van der Waals surface area (Å²) >= 11 is 0. The summed E-state index contributed by atoms with van der Waals surface area (Å²) in [5, 5.41) is 5.69. The molecule has 0 aliphatic carbocycles. The number of benzene rings is 2. The van der Waals surface area contributed by atoms with Gasteiger partial charge in [0.25, 0.3) is 0 Å². The van der Waals surface area contributed by atoms with Crippen LogP contribution in [0.5, 0.6) is 0 Å². The predicted molar refractivity (Wildman–Crippen MR) is 117 cm³/mol. The first-order chi connectivity index (χ1) is 13.9. The summed E-state index contributed by atoms with van der Waals surface area (Å²) in [4.78, 5) is 28.4. The SMILES string of the molecule is CC(=O)Nc1ccc(NC(=O)C(C)N2CCN(Cc3cccc(C)c3)CC2)cc1. The van der Waals surface area contributed by atoms with E-state index in [1.807, 2.05) is 6.92 Å². The topological polar surface area (TPSA) is 64.7 Å². The monoisotopic (exact) mass is 394 g/mol. The van der Waals surface area contributed by atoms with E-state index in [1.54, 1.807) is 24.3 Å². The smallest absolute Gasteiger partial charge is 0.241 e. The highest BCUT2D eigenvalue weighted by molar-refractivity contribution is 5.95. The van der Waals surface area contributed by atoms with Gasteiger partial charge in [0.2, 0.25) is 11.8 Å². The van der Waals surface area contributed by atoms with Gasteiger partial charge in [-0.15, -0.1) is 0 Å². The molecule has 1 aliphatic heterocycles. The second-order valence-electron chi connectivity index (χ2n) is 7.72. The van der Waals surface area contributed by atoms with Crippen molar-refractivity contribution in [1.29, 1.82) is 0 Å². The molecule has 2 aromatic rings. The molecule has 2 N–H and O–H groups in total. The number of amides is 2. The van der Waals surface area contributed by atoms with Gasteiger partial charge in [-0.25, -0.2) is 0 Å². The van der Waals surface area contributed by atoms with E-state index < -0.39 is 0 Å². The zero-order valence-corrected chi connectivity index (χ0v) is 17.4. The van der Waals surface area contributed by atoms with Crippen LogP contribution in [0, 0.1) is 6.92 Å². The zero-order chi connectivity index (χ0) is 20.8. The summed E-state index contributed by atoms with van der Waals surface area (Å²) in [6, 6.07) is 15.6. The van der Waals surface area contributed by atoms with Crippen LogP contribution in [0.1, 0.15) is 25.0 Å². The lowest BCUT2D eigenvalue weighted by molar-refractivity contribution is -0.121. The molecule has 0 spiro atoms. The van der Waals surface area contributed by atoms with Crippen molar-refractivity contribution in [3.63, 3.8) is 0 Å². The Hall–Kier alpha value is -2.70. The summed E-state index contributed by atoms with van der Waals surface area (Å²) in [5.41, 5.74) is 4.07. The average molecular weight is 395 g/mol. The second kappa shape index (κ2) is 9.67. The molecule has 29 heavy (non-hydrogen) atoms. The Kier molecular flexibility index (Phi) is 7.01. The van der Waals surface area contributed by atoms with Gasteiger partial charge in [0.1, 0.15) is 0 Å². The van der Waals surface area contributed by atoms with Crippen LogP contribution in [0.15, 0.2) is 48.5 Å². The van der Waals surface area contributed by atoms with Crippen LogP contribution in [0.4, 0.5) is 11.4 Å². The van der Waals surface area contributed by atoms with Crippen molar-refractivity contribution >= 4 is 23.2 Å². The molecule has 154 valence electrons. The molecule has 2 amide bonds. The van der Waals surface area contributed by atoms with Crippen molar-refractivity contribution in [2.45, 2.75) is 33.4 Å². The minimum atomic E-state index is -0.189. The number of hydrogen-bond donors (Lipinski definition) is 2. The van der Waals surface area contributed by atoms with Crippen molar-refractivity contribution in [3.8, 4) is 0 Å². The van der Waals surface area contributed by atoms with E-state index in [1.165, 1.54) is 18.1 Å². The number of piperazine rings is 1. The standard InChI is InChI=1S/C23H30N4O2/c1-17-5-4-6-20(15-17)16-26-11-13-27(14-12-26)18(2)23(29)25-22-9-7-21(8-10-22)24-19(3)28/h4-10,15,18H,11-14,16H2,1-3H3,(H,24,28)(H,25,29). The summed E-state index contributed by atoms with van der Waals surface area (Å²) in [6.45, 7) is 10.2. The minimum absolute atomic E-state index is 0.00980. The van der Waals surface area contributed by atoms with E-state index in [-0.39, 0.29) is 17.9 Å². The predicted octanol–water partition coefficient (Wildman–Crippen LogP) is 3.10. The molecular formula is C23H30N4O2. The molecular weight excluding hydrogens is 364 g/mol. The fourth-order valence-corrected chi connectivity index (χ4v) is 3.63. The van der Waals surface area contributed by atoms with Gasteiger partial charge in [-0.1, -0.05) is 29.8 Å². The van der Waals surface area contributed by atoms with Crippen LogP contribution in [-0.2, 0) is 16.1 Å². The van der Waals surface area contributed by atoms with Crippen LogP contribution in [0.2, 0.25) is 0 Å². The molecule has 0 saturated carbocycles. The van der Waals surface area contributed by atoms with Crippen LogP contribution in [-0.4, -0.2) is 53.8 Å². The van der Waals surface area contributed by atoms with Crippen LogP contribution < -0.4 is 10.6 Å². The molecule has 0 radical (unpaired) electrons. The van der Waals surface area contributed by atoms with E-state index in [9.17, 15) is 9.59 Å². The Balaban J connectivity index is 1.47. The molecule has 1 atom stereocenters. The van der Waals surface area contributed by atoms with Crippen LogP contribution in [0.3, 0.4) is 0 Å². The number of hydrogen-bond acceptors (Lipinski definition) is 4. The van der Waals surface area contributed by atoms with Gasteiger partial charge in [0.15, 0.2) is 0 Å². The number of nitrogens with zero attached hydrogens (tertiary/aromatic N) is 2. The maximum Gasteiger partial charge on any atom is 0.241 e. The van der Waals surface area contributed by atoms with Gasteiger partial charge in [0, 0.05) is 51.0 Å². The first-order valence-corrected chi connectivity index (χ1v) is 10.1. The third-order valence-electron chi connectivity index (χ3n) is 5.30. The molecule has 1 saturated heterocycles. The first kappa shape index (κ1) is 21.0. The highest BCUT2D eigenvalue weighted by Crippen LogP contribution is 2.16. The van der Waals surface area contributed by atoms with E-state index in [2.05, 4.69) is 51.6 Å².